The van der Waals surface area contributed by atoms with Crippen molar-refractivity contribution in [2.24, 2.45) is 0 Å². The second-order valence-electron chi connectivity index (χ2n) is 8.75. The number of hydrogen-bond donors (Lipinski definition) is 1. The van der Waals surface area contributed by atoms with Gasteiger partial charge >= 0.3 is 0 Å². The highest BCUT2D eigenvalue weighted by Crippen LogP contribution is 2.29. The molecule has 7 nitrogen and oxygen atoms in total. The largest absolute Gasteiger partial charge is 0.357 e. The summed E-state index contributed by atoms with van der Waals surface area (Å²) >= 11 is 18.7. The van der Waals surface area contributed by atoms with Gasteiger partial charge < -0.3 is 10.2 Å². The molecule has 0 saturated heterocycles. The molecular weight excluding hydrogens is 569 g/mol. The molecule has 202 valence electrons. The Balaban J connectivity index is 2.09. The van der Waals surface area contributed by atoms with Crippen LogP contribution < -0.4 is 9.62 Å². The molecule has 0 radical (unpaired) electrons. The molecule has 0 aromatic heterocycles. The van der Waals surface area contributed by atoms with Crippen molar-refractivity contribution in [2.75, 3.05) is 17.9 Å². The van der Waals surface area contributed by atoms with E-state index in [4.69, 9.17) is 34.8 Å². The molecule has 0 fully saturated rings. The molecular formula is C27H28Cl3N3O4S. The van der Waals surface area contributed by atoms with Gasteiger partial charge in [-0.2, -0.15) is 0 Å². The molecule has 3 aromatic rings. The summed E-state index contributed by atoms with van der Waals surface area (Å²) in [5.41, 5.74) is 2.56. The predicted molar refractivity (Wildman–Crippen MR) is 152 cm³/mol. The van der Waals surface area contributed by atoms with Gasteiger partial charge in [-0.15, -0.1) is 0 Å². The number of hydrogen-bond acceptors (Lipinski definition) is 4. The van der Waals surface area contributed by atoms with E-state index in [9.17, 15) is 18.0 Å². The Hall–Kier alpha value is -2.78. The van der Waals surface area contributed by atoms with Crippen LogP contribution in [-0.2, 0) is 26.2 Å². The second-order valence-corrected chi connectivity index (χ2v) is 11.9. The number of likely N-dealkylation sites (N-methyl/N-ethyl adjacent to an activating group) is 1. The Morgan fingerprint density at radius 3 is 2.08 bits per heavy atom. The fraction of sp³-hybridized carbons (Fsp3) is 0.259. The molecule has 2 amide bonds. The normalized spacial score (nSPS) is 12.1. The van der Waals surface area contributed by atoms with Gasteiger partial charge in [0.2, 0.25) is 11.8 Å². The van der Waals surface area contributed by atoms with Gasteiger partial charge in [-0.05, 0) is 80.4 Å². The molecule has 11 heteroatoms. The number of halogens is 3. The first-order valence-corrected chi connectivity index (χ1v) is 14.2. The summed E-state index contributed by atoms with van der Waals surface area (Å²) < 4.78 is 28.7. The molecule has 1 atom stereocenters. The molecule has 0 heterocycles. The Kier molecular flexibility index (Phi) is 9.70. The minimum Gasteiger partial charge on any atom is -0.357 e. The van der Waals surface area contributed by atoms with Crippen LogP contribution in [0.3, 0.4) is 0 Å². The van der Waals surface area contributed by atoms with E-state index in [1.807, 2.05) is 13.8 Å². The first kappa shape index (κ1) is 29.8. The van der Waals surface area contributed by atoms with E-state index in [0.717, 1.165) is 15.4 Å². The third kappa shape index (κ3) is 6.61. The van der Waals surface area contributed by atoms with Crippen LogP contribution in [0.4, 0.5) is 5.69 Å². The van der Waals surface area contributed by atoms with Crippen LogP contribution in [0, 0.1) is 13.8 Å². The first-order valence-electron chi connectivity index (χ1n) is 11.7. The predicted octanol–water partition coefficient (Wildman–Crippen LogP) is 5.62. The molecule has 0 aliphatic carbocycles. The number of sulfonamides is 1. The second kappa shape index (κ2) is 12.4. The van der Waals surface area contributed by atoms with Crippen molar-refractivity contribution in [2.45, 2.75) is 38.3 Å². The van der Waals surface area contributed by atoms with E-state index in [-0.39, 0.29) is 11.4 Å². The van der Waals surface area contributed by atoms with Gasteiger partial charge in [0.25, 0.3) is 10.0 Å². The summed E-state index contributed by atoms with van der Waals surface area (Å²) in [5, 5.41) is 3.54. The highest BCUT2D eigenvalue weighted by atomic mass is 35.5. The van der Waals surface area contributed by atoms with E-state index in [0.29, 0.717) is 26.3 Å². The van der Waals surface area contributed by atoms with E-state index in [1.54, 1.807) is 43.3 Å². The van der Waals surface area contributed by atoms with Gasteiger partial charge in [-0.3, -0.25) is 13.9 Å². The lowest BCUT2D eigenvalue weighted by Crippen LogP contribution is -2.50. The number of carbonyl (C=O) groups excluding carboxylic acids is 2. The lowest BCUT2D eigenvalue weighted by atomic mass is 10.1. The molecule has 0 spiro atoms. The molecule has 0 unspecified atom stereocenters. The van der Waals surface area contributed by atoms with Gasteiger partial charge in [0.1, 0.15) is 12.6 Å². The highest BCUT2D eigenvalue weighted by Gasteiger charge is 2.33. The SMILES string of the molecule is CNC(=O)[C@H](C)N(Cc1c(Cl)cccc1Cl)C(=O)CN(c1ccc(C)c(C)c1)S(=O)(=O)c1ccc(Cl)cc1. The number of anilines is 1. The van der Waals surface area contributed by atoms with Crippen LogP contribution in [-0.4, -0.2) is 44.8 Å². The zero-order chi connectivity index (χ0) is 28.2. The third-order valence-electron chi connectivity index (χ3n) is 6.26. The topological polar surface area (TPSA) is 86.8 Å². The molecule has 1 N–H and O–H groups in total. The zero-order valence-electron chi connectivity index (χ0n) is 21.3. The van der Waals surface area contributed by atoms with Crippen LogP contribution >= 0.6 is 34.8 Å². The number of amides is 2. The standard InChI is InChI=1S/C27H28Cl3N3O4S/c1-17-8-11-21(14-18(17)2)33(38(36,37)22-12-9-20(28)10-13-22)16-26(34)32(19(3)27(35)31-4)15-23-24(29)6-5-7-25(23)30/h5-14,19H,15-16H2,1-4H3,(H,31,35)/t19-/m0/s1. The molecule has 0 bridgehead atoms. The van der Waals surface area contributed by atoms with Crippen molar-refractivity contribution >= 4 is 62.3 Å². The molecule has 3 aromatic carbocycles. The minimum atomic E-state index is -4.20. The zero-order valence-corrected chi connectivity index (χ0v) is 24.4. The van der Waals surface area contributed by atoms with Crippen molar-refractivity contribution in [1.82, 2.24) is 10.2 Å². The molecule has 0 saturated carbocycles. The smallest absolute Gasteiger partial charge is 0.264 e. The summed E-state index contributed by atoms with van der Waals surface area (Å²) in [6, 6.07) is 14.8. The van der Waals surface area contributed by atoms with Gasteiger partial charge in [-0.25, -0.2) is 8.42 Å². The molecule has 38 heavy (non-hydrogen) atoms. The number of benzene rings is 3. The Labute approximate surface area is 238 Å². The summed E-state index contributed by atoms with van der Waals surface area (Å²) in [5.74, 6) is -1.05. The Morgan fingerprint density at radius 2 is 1.53 bits per heavy atom. The number of aryl methyl sites for hydroxylation is 2. The van der Waals surface area contributed by atoms with Crippen molar-refractivity contribution in [3.05, 3.63) is 92.4 Å². The fourth-order valence-electron chi connectivity index (χ4n) is 3.79. The average molecular weight is 597 g/mol. The number of nitrogens with zero attached hydrogens (tertiary/aromatic N) is 2. The number of rotatable bonds is 9. The van der Waals surface area contributed by atoms with Gasteiger partial charge in [-0.1, -0.05) is 46.9 Å². The lowest BCUT2D eigenvalue weighted by molar-refractivity contribution is -0.139. The van der Waals surface area contributed by atoms with Crippen LogP contribution in [0.15, 0.2) is 65.6 Å². The summed E-state index contributed by atoms with van der Waals surface area (Å²) in [4.78, 5) is 27.6. The van der Waals surface area contributed by atoms with E-state index < -0.39 is 34.4 Å². The summed E-state index contributed by atoms with van der Waals surface area (Å²) in [7, 11) is -2.74. The van der Waals surface area contributed by atoms with Crippen molar-refractivity contribution < 1.29 is 18.0 Å². The maximum Gasteiger partial charge on any atom is 0.264 e. The van der Waals surface area contributed by atoms with Crippen LogP contribution in [0.2, 0.25) is 15.1 Å². The Bertz CT molecular complexity index is 1430. The molecule has 0 aliphatic rings. The maximum atomic E-state index is 13.8. The van der Waals surface area contributed by atoms with Gasteiger partial charge in [0.05, 0.1) is 10.6 Å². The van der Waals surface area contributed by atoms with Gasteiger partial charge in [0, 0.05) is 34.2 Å². The van der Waals surface area contributed by atoms with Crippen molar-refractivity contribution in [3.63, 3.8) is 0 Å². The quantitative estimate of drug-likeness (QED) is 0.347. The number of nitrogens with one attached hydrogen (secondary N) is 1. The summed E-state index contributed by atoms with van der Waals surface area (Å²) in [6.45, 7) is 4.63. The first-order chi connectivity index (χ1) is 17.9. The highest BCUT2D eigenvalue weighted by molar-refractivity contribution is 7.92. The monoisotopic (exact) mass is 595 g/mol. The number of carbonyl (C=O) groups is 2. The molecule has 3 rings (SSSR count). The third-order valence-corrected chi connectivity index (χ3v) is 9.01. The maximum absolute atomic E-state index is 13.8. The van der Waals surface area contributed by atoms with Crippen molar-refractivity contribution in [3.8, 4) is 0 Å². The van der Waals surface area contributed by atoms with Crippen LogP contribution in [0.25, 0.3) is 0 Å². The van der Waals surface area contributed by atoms with Crippen LogP contribution in [0.1, 0.15) is 23.6 Å². The van der Waals surface area contributed by atoms with Gasteiger partial charge in [0.15, 0.2) is 0 Å². The van der Waals surface area contributed by atoms with E-state index in [1.165, 1.54) is 36.2 Å². The van der Waals surface area contributed by atoms with E-state index >= 15 is 0 Å². The summed E-state index contributed by atoms with van der Waals surface area (Å²) in [6.07, 6.45) is 0. The lowest BCUT2D eigenvalue weighted by Gasteiger charge is -2.32. The van der Waals surface area contributed by atoms with Crippen LogP contribution in [0.5, 0.6) is 0 Å². The van der Waals surface area contributed by atoms with E-state index in [2.05, 4.69) is 5.32 Å². The molecule has 0 aliphatic heterocycles. The Morgan fingerprint density at radius 1 is 0.921 bits per heavy atom. The average Bonchev–Trinajstić information content (AvgIpc) is 2.88. The minimum absolute atomic E-state index is 0.0343. The van der Waals surface area contributed by atoms with Crippen molar-refractivity contribution in [1.29, 1.82) is 0 Å². The fourth-order valence-corrected chi connectivity index (χ4v) is 5.84.